The van der Waals surface area contributed by atoms with Gasteiger partial charge >= 0.3 is 0 Å². The van der Waals surface area contributed by atoms with Gasteiger partial charge in [-0.15, -0.1) is 0 Å². The van der Waals surface area contributed by atoms with Gasteiger partial charge in [0.25, 0.3) is 0 Å². The average molecular weight is 239 g/mol. The van der Waals surface area contributed by atoms with Crippen molar-refractivity contribution in [1.82, 2.24) is 9.78 Å². The van der Waals surface area contributed by atoms with Crippen LogP contribution in [-0.4, -0.2) is 20.9 Å². The fraction of sp³-hybridized carbons (Fsp3) is 0.636. The Bertz CT molecular complexity index is 414. The summed E-state index contributed by atoms with van der Waals surface area (Å²) < 4.78 is 1.88. The van der Waals surface area contributed by atoms with E-state index in [0.717, 1.165) is 35.7 Å². The molecule has 1 atom stereocenters. The normalized spacial score (nSPS) is 19.4. The van der Waals surface area contributed by atoms with Gasteiger partial charge in [-0.05, 0) is 12.8 Å². The molecule has 0 aromatic carbocycles. The third-order valence-electron chi connectivity index (χ3n) is 2.72. The molecule has 0 spiro atoms. The van der Waals surface area contributed by atoms with Crippen molar-refractivity contribution in [2.45, 2.75) is 43.4 Å². The third-order valence-corrected chi connectivity index (χ3v) is 4.24. The molecule has 88 valence electrons. The maximum absolute atomic E-state index is 11.8. The van der Waals surface area contributed by atoms with Crippen LogP contribution in [0.3, 0.4) is 0 Å². The zero-order chi connectivity index (χ0) is 11.7. The fourth-order valence-corrected chi connectivity index (χ4v) is 2.98. The van der Waals surface area contributed by atoms with Crippen molar-refractivity contribution >= 4 is 23.4 Å². The van der Waals surface area contributed by atoms with Crippen molar-refractivity contribution in [3.63, 3.8) is 0 Å². The van der Waals surface area contributed by atoms with Crippen LogP contribution in [-0.2, 0) is 18.3 Å². The number of aromatic nitrogens is 2. The van der Waals surface area contributed by atoms with Crippen molar-refractivity contribution in [3.8, 4) is 0 Å². The van der Waals surface area contributed by atoms with Crippen LogP contribution in [0, 0.1) is 0 Å². The van der Waals surface area contributed by atoms with Gasteiger partial charge < -0.3 is 5.32 Å². The second-order valence-corrected chi connectivity index (χ2v) is 5.20. The van der Waals surface area contributed by atoms with E-state index in [1.807, 2.05) is 18.7 Å². The van der Waals surface area contributed by atoms with Crippen molar-refractivity contribution in [2.75, 3.05) is 5.32 Å². The fourth-order valence-electron chi connectivity index (χ4n) is 1.90. The lowest BCUT2D eigenvalue weighted by molar-refractivity contribution is -0.115. The minimum atomic E-state index is 0.0253. The Morgan fingerprint density at radius 3 is 2.88 bits per heavy atom. The number of fused-ring (bicyclic) bond motifs is 1. The highest BCUT2D eigenvalue weighted by Gasteiger charge is 2.30. The Morgan fingerprint density at radius 1 is 1.50 bits per heavy atom. The van der Waals surface area contributed by atoms with E-state index in [4.69, 9.17) is 0 Å². The van der Waals surface area contributed by atoms with Crippen LogP contribution in [0.4, 0.5) is 5.69 Å². The van der Waals surface area contributed by atoms with Gasteiger partial charge in [-0.25, -0.2) is 0 Å². The largest absolute Gasteiger partial charge is 0.321 e. The number of nitrogens with zero attached hydrogens (tertiary/aromatic N) is 2. The number of hydrogen-bond acceptors (Lipinski definition) is 3. The second-order valence-electron chi connectivity index (χ2n) is 4.00. The summed E-state index contributed by atoms with van der Waals surface area (Å²) in [5.74, 6) is 0.116. The first-order valence-corrected chi connectivity index (χ1v) is 6.58. The quantitative estimate of drug-likeness (QED) is 0.879. The minimum Gasteiger partial charge on any atom is -0.321 e. The van der Waals surface area contributed by atoms with Gasteiger partial charge in [-0.3, -0.25) is 9.48 Å². The van der Waals surface area contributed by atoms with Crippen LogP contribution in [0.5, 0.6) is 0 Å². The predicted molar refractivity (Wildman–Crippen MR) is 65.8 cm³/mol. The maximum atomic E-state index is 11.8. The molecule has 0 aliphatic carbocycles. The van der Waals surface area contributed by atoms with Crippen LogP contribution in [0.25, 0.3) is 0 Å². The lowest BCUT2D eigenvalue weighted by Gasteiger charge is -2.21. The molecule has 1 unspecified atom stereocenters. The first-order valence-electron chi connectivity index (χ1n) is 5.70. The predicted octanol–water partition coefficient (Wildman–Crippen LogP) is 2.20. The molecule has 4 nitrogen and oxygen atoms in total. The molecule has 0 bridgehead atoms. The topological polar surface area (TPSA) is 46.9 Å². The minimum absolute atomic E-state index is 0.0253. The zero-order valence-corrected chi connectivity index (χ0v) is 10.7. The monoisotopic (exact) mass is 239 g/mol. The second kappa shape index (κ2) is 4.49. The van der Waals surface area contributed by atoms with Crippen LogP contribution < -0.4 is 5.32 Å². The van der Waals surface area contributed by atoms with E-state index in [9.17, 15) is 4.79 Å². The Labute approximate surface area is 99.8 Å². The van der Waals surface area contributed by atoms with E-state index in [-0.39, 0.29) is 11.2 Å². The molecule has 1 N–H and O–H groups in total. The lowest BCUT2D eigenvalue weighted by atomic mass is 10.2. The van der Waals surface area contributed by atoms with E-state index in [1.54, 1.807) is 11.8 Å². The van der Waals surface area contributed by atoms with Gasteiger partial charge in [0, 0.05) is 7.05 Å². The molecule has 0 saturated carbocycles. The number of hydrogen-bond donors (Lipinski definition) is 1. The van der Waals surface area contributed by atoms with Gasteiger partial charge in [0.1, 0.15) is 5.03 Å². The van der Waals surface area contributed by atoms with Crippen molar-refractivity contribution < 1.29 is 4.79 Å². The first kappa shape index (κ1) is 11.5. The molecule has 1 aliphatic heterocycles. The summed E-state index contributed by atoms with van der Waals surface area (Å²) in [6.45, 7) is 4.15. The third kappa shape index (κ3) is 1.84. The number of amides is 1. The Hall–Kier alpha value is -0.970. The van der Waals surface area contributed by atoms with Gasteiger partial charge in [-0.1, -0.05) is 32.0 Å². The van der Waals surface area contributed by atoms with E-state index in [0.29, 0.717) is 0 Å². The summed E-state index contributed by atoms with van der Waals surface area (Å²) in [5.41, 5.74) is 1.94. The van der Waals surface area contributed by atoms with Crippen molar-refractivity contribution in [1.29, 1.82) is 0 Å². The standard InChI is InChI=1S/C11H17N3OS/c1-4-6-7-9-11(14(3)13-7)16-8(5-2)10(15)12-9/h8H,4-6H2,1-3H3,(H,12,15). The van der Waals surface area contributed by atoms with Gasteiger partial charge in [0.2, 0.25) is 5.91 Å². The molecule has 1 aliphatic rings. The van der Waals surface area contributed by atoms with Crippen LogP contribution in [0.1, 0.15) is 32.4 Å². The molecule has 1 aromatic rings. The van der Waals surface area contributed by atoms with Crippen LogP contribution in [0.2, 0.25) is 0 Å². The number of nitrogens with one attached hydrogen (secondary N) is 1. The van der Waals surface area contributed by atoms with Gasteiger partial charge in [0.15, 0.2) is 0 Å². The molecule has 0 radical (unpaired) electrons. The molecule has 0 saturated heterocycles. The highest BCUT2D eigenvalue weighted by atomic mass is 32.2. The molecule has 16 heavy (non-hydrogen) atoms. The van der Waals surface area contributed by atoms with Crippen molar-refractivity contribution in [2.24, 2.45) is 7.05 Å². The summed E-state index contributed by atoms with van der Waals surface area (Å²) in [5, 5.41) is 8.58. The molecule has 5 heteroatoms. The maximum Gasteiger partial charge on any atom is 0.238 e. The summed E-state index contributed by atoms with van der Waals surface area (Å²) in [7, 11) is 1.94. The first-order chi connectivity index (χ1) is 7.67. The van der Waals surface area contributed by atoms with E-state index in [2.05, 4.69) is 17.3 Å². The molecule has 2 rings (SSSR count). The van der Waals surface area contributed by atoms with Crippen LogP contribution in [0.15, 0.2) is 5.03 Å². The lowest BCUT2D eigenvalue weighted by Crippen LogP contribution is -2.28. The molecule has 2 heterocycles. The molecule has 0 fully saturated rings. The smallest absolute Gasteiger partial charge is 0.238 e. The molecular weight excluding hydrogens is 222 g/mol. The number of carbonyl (C=O) groups excluding carboxylic acids is 1. The Kier molecular flexibility index (Phi) is 3.23. The van der Waals surface area contributed by atoms with E-state index < -0.39 is 0 Å². The average Bonchev–Trinajstić information content (AvgIpc) is 2.55. The Morgan fingerprint density at radius 2 is 2.25 bits per heavy atom. The van der Waals surface area contributed by atoms with Crippen molar-refractivity contribution in [3.05, 3.63) is 5.69 Å². The van der Waals surface area contributed by atoms with Crippen LogP contribution >= 0.6 is 11.8 Å². The SMILES string of the molecule is CCCc1nn(C)c2c1NC(=O)C(CC)S2. The highest BCUT2D eigenvalue weighted by Crippen LogP contribution is 2.38. The Balaban J connectivity index is 2.36. The zero-order valence-electron chi connectivity index (χ0n) is 9.91. The number of carbonyl (C=O) groups is 1. The highest BCUT2D eigenvalue weighted by molar-refractivity contribution is 8.00. The van der Waals surface area contributed by atoms with E-state index in [1.165, 1.54) is 0 Å². The summed E-state index contributed by atoms with van der Waals surface area (Å²) in [6.07, 6.45) is 2.81. The summed E-state index contributed by atoms with van der Waals surface area (Å²) in [6, 6.07) is 0. The molecular formula is C11H17N3OS. The summed E-state index contributed by atoms with van der Waals surface area (Å²) in [4.78, 5) is 11.8. The van der Waals surface area contributed by atoms with Gasteiger partial charge in [-0.2, -0.15) is 5.10 Å². The van der Waals surface area contributed by atoms with E-state index >= 15 is 0 Å². The number of aryl methyl sites for hydroxylation is 2. The molecule has 1 amide bonds. The number of thioether (sulfide) groups is 1. The number of rotatable bonds is 3. The van der Waals surface area contributed by atoms with Gasteiger partial charge in [0.05, 0.1) is 16.6 Å². The number of anilines is 1. The molecule has 1 aromatic heterocycles. The summed E-state index contributed by atoms with van der Waals surface area (Å²) >= 11 is 1.63.